The summed E-state index contributed by atoms with van der Waals surface area (Å²) in [6.07, 6.45) is 0.981. The molecule has 0 saturated carbocycles. The van der Waals surface area contributed by atoms with Gasteiger partial charge in [0, 0.05) is 13.6 Å². The van der Waals surface area contributed by atoms with Gasteiger partial charge in [-0.2, -0.15) is 0 Å². The molecule has 0 aliphatic carbocycles. The quantitative estimate of drug-likeness (QED) is 0.738. The van der Waals surface area contributed by atoms with E-state index in [1.165, 1.54) is 5.56 Å². The van der Waals surface area contributed by atoms with E-state index in [0.29, 0.717) is 5.11 Å². The maximum Gasteiger partial charge on any atom is 0.166 e. The van der Waals surface area contributed by atoms with Crippen LogP contribution in [0.2, 0.25) is 0 Å². The van der Waals surface area contributed by atoms with E-state index in [9.17, 15) is 0 Å². The van der Waals surface area contributed by atoms with Crippen molar-refractivity contribution in [2.24, 2.45) is 5.73 Å². The molecule has 0 aliphatic heterocycles. The molecule has 0 aliphatic rings. The first-order chi connectivity index (χ1) is 6.20. The Hall–Kier alpha value is -1.09. The van der Waals surface area contributed by atoms with E-state index in [0.717, 1.165) is 13.0 Å². The Balaban J connectivity index is 2.39. The van der Waals surface area contributed by atoms with Gasteiger partial charge in [0.2, 0.25) is 0 Å². The number of benzene rings is 1. The molecule has 3 heteroatoms. The molecule has 1 rings (SSSR count). The average molecular weight is 194 g/mol. The minimum Gasteiger partial charge on any atom is -0.376 e. The Morgan fingerprint density at radius 3 is 2.54 bits per heavy atom. The molecular weight excluding hydrogens is 180 g/mol. The molecular formula is C10H14N2S. The molecule has 70 valence electrons. The highest BCUT2D eigenvalue weighted by Gasteiger charge is 1.98. The van der Waals surface area contributed by atoms with Crippen LogP contribution < -0.4 is 5.73 Å². The van der Waals surface area contributed by atoms with E-state index in [2.05, 4.69) is 12.1 Å². The monoisotopic (exact) mass is 194 g/mol. The van der Waals surface area contributed by atoms with Crippen molar-refractivity contribution in [1.29, 1.82) is 0 Å². The van der Waals surface area contributed by atoms with Crippen molar-refractivity contribution in [2.75, 3.05) is 13.6 Å². The SMILES string of the molecule is CN(CCc1ccccc1)C(N)=S. The first-order valence-corrected chi connectivity index (χ1v) is 4.65. The predicted molar refractivity (Wildman–Crippen MR) is 59.6 cm³/mol. The molecule has 0 saturated heterocycles. The number of nitrogens with zero attached hydrogens (tertiary/aromatic N) is 1. The van der Waals surface area contributed by atoms with Gasteiger partial charge in [0.05, 0.1) is 0 Å². The van der Waals surface area contributed by atoms with Gasteiger partial charge in [0.1, 0.15) is 0 Å². The van der Waals surface area contributed by atoms with E-state index in [1.807, 2.05) is 30.1 Å². The number of hydrogen-bond acceptors (Lipinski definition) is 1. The lowest BCUT2D eigenvalue weighted by Crippen LogP contribution is -2.33. The average Bonchev–Trinajstić information content (AvgIpc) is 2.15. The number of hydrogen-bond donors (Lipinski definition) is 1. The zero-order valence-corrected chi connectivity index (χ0v) is 8.55. The highest BCUT2D eigenvalue weighted by molar-refractivity contribution is 7.80. The maximum atomic E-state index is 5.46. The molecule has 0 amide bonds. The van der Waals surface area contributed by atoms with Crippen molar-refractivity contribution in [3.8, 4) is 0 Å². The van der Waals surface area contributed by atoms with E-state index in [4.69, 9.17) is 18.0 Å². The summed E-state index contributed by atoms with van der Waals surface area (Å²) in [5.74, 6) is 0. The van der Waals surface area contributed by atoms with Gasteiger partial charge in [-0.05, 0) is 24.2 Å². The van der Waals surface area contributed by atoms with Crippen LogP contribution in [0.15, 0.2) is 30.3 Å². The summed E-state index contributed by atoms with van der Waals surface area (Å²) < 4.78 is 0. The molecule has 0 bridgehead atoms. The predicted octanol–water partition coefficient (Wildman–Crippen LogP) is 1.40. The molecule has 1 aromatic carbocycles. The molecule has 0 spiro atoms. The van der Waals surface area contributed by atoms with Crippen LogP contribution in [0.3, 0.4) is 0 Å². The smallest absolute Gasteiger partial charge is 0.166 e. The first kappa shape index (κ1) is 9.99. The molecule has 0 heterocycles. The van der Waals surface area contributed by atoms with Crippen LogP contribution in [-0.2, 0) is 6.42 Å². The van der Waals surface area contributed by atoms with Crippen LogP contribution in [0.1, 0.15) is 5.56 Å². The second-order valence-electron chi connectivity index (χ2n) is 3.00. The van der Waals surface area contributed by atoms with Crippen LogP contribution in [0.4, 0.5) is 0 Å². The summed E-state index contributed by atoms with van der Waals surface area (Å²) in [4.78, 5) is 1.88. The number of nitrogens with two attached hydrogens (primary N) is 1. The lowest BCUT2D eigenvalue weighted by Gasteiger charge is -2.16. The number of rotatable bonds is 3. The summed E-state index contributed by atoms with van der Waals surface area (Å²) >= 11 is 4.84. The summed E-state index contributed by atoms with van der Waals surface area (Å²) in [5, 5.41) is 0.455. The lowest BCUT2D eigenvalue weighted by molar-refractivity contribution is 0.512. The molecule has 0 radical (unpaired) electrons. The van der Waals surface area contributed by atoms with Crippen molar-refractivity contribution in [2.45, 2.75) is 6.42 Å². The Labute approximate surface area is 84.3 Å². The topological polar surface area (TPSA) is 29.3 Å². The largest absolute Gasteiger partial charge is 0.376 e. The van der Waals surface area contributed by atoms with Gasteiger partial charge < -0.3 is 10.6 Å². The first-order valence-electron chi connectivity index (χ1n) is 4.24. The Morgan fingerprint density at radius 1 is 1.38 bits per heavy atom. The van der Waals surface area contributed by atoms with Crippen LogP contribution >= 0.6 is 12.2 Å². The molecule has 2 N–H and O–H groups in total. The van der Waals surface area contributed by atoms with Crippen LogP contribution in [-0.4, -0.2) is 23.6 Å². The van der Waals surface area contributed by atoms with E-state index in [1.54, 1.807) is 0 Å². The second kappa shape index (κ2) is 4.82. The van der Waals surface area contributed by atoms with Crippen molar-refractivity contribution in [1.82, 2.24) is 4.90 Å². The van der Waals surface area contributed by atoms with Gasteiger partial charge in [-0.3, -0.25) is 0 Å². The zero-order chi connectivity index (χ0) is 9.68. The van der Waals surface area contributed by atoms with Crippen molar-refractivity contribution in [3.05, 3.63) is 35.9 Å². The maximum absolute atomic E-state index is 5.46. The minimum absolute atomic E-state index is 0.455. The second-order valence-corrected chi connectivity index (χ2v) is 3.41. The van der Waals surface area contributed by atoms with Gasteiger partial charge in [-0.25, -0.2) is 0 Å². The molecule has 1 aromatic rings. The fraction of sp³-hybridized carbons (Fsp3) is 0.300. The van der Waals surface area contributed by atoms with Crippen molar-refractivity contribution < 1.29 is 0 Å². The molecule has 2 nitrogen and oxygen atoms in total. The van der Waals surface area contributed by atoms with Gasteiger partial charge >= 0.3 is 0 Å². The fourth-order valence-electron chi connectivity index (χ4n) is 1.05. The molecule has 0 aromatic heterocycles. The van der Waals surface area contributed by atoms with Gasteiger partial charge in [0.15, 0.2) is 5.11 Å². The summed E-state index contributed by atoms with van der Waals surface area (Å²) in [6.45, 7) is 0.874. The van der Waals surface area contributed by atoms with Crippen molar-refractivity contribution >= 4 is 17.3 Å². The highest BCUT2D eigenvalue weighted by atomic mass is 32.1. The third-order valence-electron chi connectivity index (χ3n) is 1.95. The summed E-state index contributed by atoms with van der Waals surface area (Å²) in [7, 11) is 1.91. The van der Waals surface area contributed by atoms with Gasteiger partial charge in [-0.1, -0.05) is 30.3 Å². The Morgan fingerprint density at radius 2 is 2.00 bits per heavy atom. The van der Waals surface area contributed by atoms with Crippen LogP contribution in [0, 0.1) is 0 Å². The summed E-state index contributed by atoms with van der Waals surface area (Å²) in [5.41, 5.74) is 6.77. The summed E-state index contributed by atoms with van der Waals surface area (Å²) in [6, 6.07) is 10.3. The minimum atomic E-state index is 0.455. The number of likely N-dealkylation sites (N-methyl/N-ethyl adjacent to an activating group) is 1. The normalized spacial score (nSPS) is 9.62. The standard InChI is InChI=1S/C10H14N2S/c1-12(10(11)13)8-7-9-5-3-2-4-6-9/h2-6H,7-8H2,1H3,(H2,11,13). The number of thiocarbonyl (C=S) groups is 1. The molecule has 0 unspecified atom stereocenters. The Bertz CT molecular complexity index is 272. The molecule has 0 fully saturated rings. The zero-order valence-electron chi connectivity index (χ0n) is 7.73. The fourth-order valence-corrected chi connectivity index (χ4v) is 1.14. The van der Waals surface area contributed by atoms with Crippen molar-refractivity contribution in [3.63, 3.8) is 0 Å². The van der Waals surface area contributed by atoms with E-state index >= 15 is 0 Å². The Kier molecular flexibility index (Phi) is 3.71. The lowest BCUT2D eigenvalue weighted by atomic mass is 10.1. The van der Waals surface area contributed by atoms with Crippen LogP contribution in [0.5, 0.6) is 0 Å². The van der Waals surface area contributed by atoms with Crippen LogP contribution in [0.25, 0.3) is 0 Å². The highest BCUT2D eigenvalue weighted by Crippen LogP contribution is 2.00. The van der Waals surface area contributed by atoms with E-state index in [-0.39, 0.29) is 0 Å². The van der Waals surface area contributed by atoms with Gasteiger partial charge in [0.25, 0.3) is 0 Å². The molecule has 13 heavy (non-hydrogen) atoms. The van der Waals surface area contributed by atoms with Gasteiger partial charge in [-0.15, -0.1) is 0 Å². The third kappa shape index (κ3) is 3.42. The van der Waals surface area contributed by atoms with E-state index < -0.39 is 0 Å². The molecule has 0 atom stereocenters. The third-order valence-corrected chi connectivity index (χ3v) is 2.27.